The number of carbonyl (C=O) groups is 10. The number of H-pyrrole nitrogens is 1. The van der Waals surface area contributed by atoms with E-state index in [0.717, 1.165) is 17.8 Å². The molecule has 0 aliphatic heterocycles. The molecule has 2 aromatic rings. The van der Waals surface area contributed by atoms with Crippen LogP contribution in [0.4, 0.5) is 0 Å². The van der Waals surface area contributed by atoms with Crippen molar-refractivity contribution in [2.75, 3.05) is 18.6 Å². The zero-order valence-corrected chi connectivity index (χ0v) is 42.0. The molecule has 0 unspecified atom stereocenters. The first kappa shape index (κ1) is 60.8. The van der Waals surface area contributed by atoms with Crippen LogP contribution >= 0.6 is 11.8 Å². The summed E-state index contributed by atoms with van der Waals surface area (Å²) in [7, 11) is 0. The largest absolute Gasteiger partial charge is 0.480 e. The Morgan fingerprint density at radius 1 is 0.648 bits per heavy atom. The molecule has 0 radical (unpaired) electrons. The van der Waals surface area contributed by atoms with Crippen molar-refractivity contribution in [2.24, 2.45) is 34.8 Å². The number of hydrogen-bond acceptors (Lipinski definition) is 14. The number of hydrogen-bond donors (Lipinski definition) is 14. The molecule has 0 saturated heterocycles. The molecule has 0 aliphatic carbocycles. The standard InChI is InChI=1S/C46H74N12O12S/c1-23(2)19-32(55-42(65)33(20-26-22-51-28-12-8-7-11-27(26)28)56-39(62)29(14-15-35(48)60)53-44(67)37(50)24(3)4)41(64)52-30(16-18-71-6)40(63)57-34(21-36(49)61)43(66)58-38(25(5)59)45(68)54-31(46(69)70)13-9-10-17-47/h7-8,11-12,22-25,29-34,37-38,51,59H,9-10,13-21,47,50H2,1-6H3,(H2,48,60)(H2,49,61)(H,52,64)(H,53,67)(H,54,68)(H,55,65)(H,56,62)(H,57,63)(H,58,66)(H,69,70)/t25-,29+,30+,31+,32+,33+,34+,37+,38+/m1/s1. The third kappa shape index (κ3) is 20.9. The lowest BCUT2D eigenvalue weighted by Crippen LogP contribution is -2.61. The predicted octanol–water partition coefficient (Wildman–Crippen LogP) is -2.38. The molecule has 9 atom stereocenters. The average molecular weight is 1020 g/mol. The highest BCUT2D eigenvalue weighted by Crippen LogP contribution is 2.20. The van der Waals surface area contributed by atoms with Gasteiger partial charge in [0.05, 0.1) is 18.6 Å². The molecule has 0 bridgehead atoms. The number of aliphatic hydroxyl groups is 1. The van der Waals surface area contributed by atoms with Crippen LogP contribution < -0.4 is 60.2 Å². The van der Waals surface area contributed by atoms with Gasteiger partial charge in [-0.3, -0.25) is 43.2 Å². The summed E-state index contributed by atoms with van der Waals surface area (Å²) in [5.41, 5.74) is 23.7. The molecule has 18 N–H and O–H groups in total. The van der Waals surface area contributed by atoms with Crippen LogP contribution in [0.3, 0.4) is 0 Å². The molecule has 2 rings (SSSR count). The minimum absolute atomic E-state index is 0.00172. The fraction of sp³-hybridized carbons (Fsp3) is 0.609. The summed E-state index contributed by atoms with van der Waals surface area (Å²) < 4.78 is 0. The zero-order chi connectivity index (χ0) is 53.5. The Balaban J connectivity index is 2.47. The van der Waals surface area contributed by atoms with Crippen molar-refractivity contribution < 1.29 is 58.2 Å². The third-order valence-electron chi connectivity index (χ3n) is 11.3. The summed E-state index contributed by atoms with van der Waals surface area (Å²) in [5, 5.41) is 38.4. The number of aromatic nitrogens is 1. The van der Waals surface area contributed by atoms with Gasteiger partial charge < -0.3 is 75.3 Å². The topological polar surface area (TPSA) is 415 Å². The second-order valence-corrected chi connectivity index (χ2v) is 19.1. The van der Waals surface area contributed by atoms with Crippen molar-refractivity contribution >= 4 is 81.8 Å². The summed E-state index contributed by atoms with van der Waals surface area (Å²) in [6, 6.07) is -4.14. The summed E-state index contributed by atoms with van der Waals surface area (Å²) in [6.45, 7) is 8.41. The van der Waals surface area contributed by atoms with E-state index in [1.807, 2.05) is 6.07 Å². The van der Waals surface area contributed by atoms with E-state index in [9.17, 15) is 58.2 Å². The van der Waals surface area contributed by atoms with Crippen LogP contribution in [0.15, 0.2) is 30.5 Å². The van der Waals surface area contributed by atoms with Gasteiger partial charge in [-0.05, 0) is 87.5 Å². The number of rotatable bonds is 33. The number of benzene rings is 1. The molecule has 9 amide bonds. The summed E-state index contributed by atoms with van der Waals surface area (Å²) >= 11 is 1.32. The molecule has 0 saturated carbocycles. The Labute approximate surface area is 417 Å². The van der Waals surface area contributed by atoms with E-state index >= 15 is 0 Å². The van der Waals surface area contributed by atoms with Gasteiger partial charge in [0, 0.05) is 29.9 Å². The Hall–Kier alpha value is -6.31. The van der Waals surface area contributed by atoms with Crippen LogP contribution in [0.1, 0.15) is 91.5 Å². The second kappa shape index (κ2) is 30.4. The lowest BCUT2D eigenvalue weighted by Gasteiger charge is -2.28. The van der Waals surface area contributed by atoms with Crippen LogP contribution in [0, 0.1) is 11.8 Å². The average Bonchev–Trinajstić information content (AvgIpc) is 3.70. The molecule has 1 heterocycles. The molecule has 396 valence electrons. The van der Waals surface area contributed by atoms with Crippen LogP contribution in [-0.4, -0.2) is 147 Å². The van der Waals surface area contributed by atoms with E-state index in [4.69, 9.17) is 22.9 Å². The van der Waals surface area contributed by atoms with Crippen molar-refractivity contribution in [2.45, 2.75) is 147 Å². The van der Waals surface area contributed by atoms with Crippen molar-refractivity contribution in [3.05, 3.63) is 36.0 Å². The molecule has 1 aromatic heterocycles. The molecular weight excluding hydrogens is 945 g/mol. The van der Waals surface area contributed by atoms with Crippen molar-refractivity contribution in [1.29, 1.82) is 0 Å². The molecule has 25 heteroatoms. The zero-order valence-electron chi connectivity index (χ0n) is 41.2. The van der Waals surface area contributed by atoms with Crippen LogP contribution in [-0.2, 0) is 54.4 Å². The highest BCUT2D eigenvalue weighted by atomic mass is 32.2. The molecule has 0 spiro atoms. The van der Waals surface area contributed by atoms with Crippen molar-refractivity contribution in [1.82, 2.24) is 42.2 Å². The van der Waals surface area contributed by atoms with E-state index in [0.29, 0.717) is 24.2 Å². The molecule has 0 fully saturated rings. The van der Waals surface area contributed by atoms with Gasteiger partial charge >= 0.3 is 5.97 Å². The number of carboxylic acid groups (broad SMARTS) is 1. The van der Waals surface area contributed by atoms with Gasteiger partial charge in [-0.15, -0.1) is 0 Å². The predicted molar refractivity (Wildman–Crippen MR) is 265 cm³/mol. The van der Waals surface area contributed by atoms with E-state index in [2.05, 4.69) is 42.2 Å². The minimum Gasteiger partial charge on any atom is -0.480 e. The minimum atomic E-state index is -1.75. The third-order valence-corrected chi connectivity index (χ3v) is 12.0. The first-order valence-corrected chi connectivity index (χ1v) is 24.9. The van der Waals surface area contributed by atoms with Gasteiger partial charge in [0.15, 0.2) is 0 Å². The summed E-state index contributed by atoms with van der Waals surface area (Å²) in [6.07, 6.45) is 1.21. The number of thioether (sulfide) groups is 1. The number of aliphatic hydroxyl groups excluding tert-OH is 1. The quantitative estimate of drug-likeness (QED) is 0.0332. The van der Waals surface area contributed by atoms with Gasteiger partial charge in [-0.1, -0.05) is 45.9 Å². The van der Waals surface area contributed by atoms with Crippen molar-refractivity contribution in [3.63, 3.8) is 0 Å². The number of para-hydroxylation sites is 1. The molecule has 0 aliphatic rings. The number of carbonyl (C=O) groups excluding carboxylic acids is 9. The van der Waals surface area contributed by atoms with Crippen LogP contribution in [0.5, 0.6) is 0 Å². The molecule has 1 aromatic carbocycles. The second-order valence-electron chi connectivity index (χ2n) is 18.1. The fourth-order valence-corrected chi connectivity index (χ4v) is 7.71. The van der Waals surface area contributed by atoms with Gasteiger partial charge in [0.1, 0.15) is 42.3 Å². The normalized spacial score (nSPS) is 15.1. The number of carboxylic acids is 1. The molecular formula is C46H74N12O12S. The van der Waals surface area contributed by atoms with Crippen molar-refractivity contribution in [3.8, 4) is 0 Å². The maximum atomic E-state index is 14.4. The van der Waals surface area contributed by atoms with Gasteiger partial charge in [0.2, 0.25) is 53.2 Å². The van der Waals surface area contributed by atoms with Crippen LogP contribution in [0.25, 0.3) is 10.9 Å². The molecule has 71 heavy (non-hydrogen) atoms. The fourth-order valence-electron chi connectivity index (χ4n) is 7.23. The number of primary amides is 2. The number of aliphatic carboxylic acids is 1. The Kier molecular flexibility index (Phi) is 26.1. The smallest absolute Gasteiger partial charge is 0.326 e. The van der Waals surface area contributed by atoms with Gasteiger partial charge in [-0.2, -0.15) is 11.8 Å². The first-order chi connectivity index (χ1) is 33.4. The number of aromatic amines is 1. The highest BCUT2D eigenvalue weighted by molar-refractivity contribution is 7.98. The number of fused-ring (bicyclic) bond motifs is 1. The Bertz CT molecular complexity index is 2150. The van der Waals surface area contributed by atoms with E-state index in [1.165, 1.54) is 11.8 Å². The summed E-state index contributed by atoms with van der Waals surface area (Å²) in [4.78, 5) is 136. The Morgan fingerprint density at radius 3 is 1.75 bits per heavy atom. The van der Waals surface area contributed by atoms with E-state index < -0.39 is 120 Å². The van der Waals surface area contributed by atoms with Gasteiger partial charge in [0.25, 0.3) is 0 Å². The maximum Gasteiger partial charge on any atom is 0.326 e. The number of nitrogens with one attached hydrogen (secondary N) is 8. The lowest BCUT2D eigenvalue weighted by atomic mass is 9.99. The monoisotopic (exact) mass is 1020 g/mol. The summed E-state index contributed by atoms with van der Waals surface area (Å²) in [5.74, 6) is -9.76. The lowest BCUT2D eigenvalue weighted by molar-refractivity contribution is -0.143. The SMILES string of the molecule is CSCC[C@H](NC(=O)[C@H](CC(C)C)NC(=O)[C@H](Cc1c[nH]c2ccccc12)NC(=O)[C@H](CCC(N)=O)NC(=O)[C@@H](N)C(C)C)C(=O)N[C@@H](CC(N)=O)C(=O)N[C@H](C(=O)N[C@@H](CCCCN)C(=O)O)[C@@H](C)O. The van der Waals surface area contributed by atoms with Gasteiger partial charge in [-0.25, -0.2) is 4.79 Å². The number of unbranched alkanes of at least 4 members (excludes halogenated alkanes) is 1. The van der Waals surface area contributed by atoms with E-state index in [-0.39, 0.29) is 56.9 Å². The first-order valence-electron chi connectivity index (χ1n) is 23.5. The maximum absolute atomic E-state index is 14.4. The molecule has 24 nitrogen and oxygen atoms in total. The van der Waals surface area contributed by atoms with E-state index in [1.54, 1.807) is 58.3 Å². The Morgan fingerprint density at radius 2 is 1.18 bits per heavy atom. The van der Waals surface area contributed by atoms with Crippen LogP contribution in [0.2, 0.25) is 0 Å². The highest BCUT2D eigenvalue weighted by Gasteiger charge is 2.36. The number of amides is 9. The number of nitrogens with two attached hydrogens (primary N) is 4.